The van der Waals surface area contributed by atoms with Gasteiger partial charge in [0.1, 0.15) is 0 Å². The number of benzene rings is 1. The van der Waals surface area contributed by atoms with E-state index in [4.69, 9.17) is 0 Å². The van der Waals surface area contributed by atoms with Crippen LogP contribution in [0.1, 0.15) is 23.7 Å². The number of aryl methyl sites for hydroxylation is 1. The Bertz CT molecular complexity index is 890. The van der Waals surface area contributed by atoms with Crippen LogP contribution in [0.15, 0.2) is 53.8 Å². The number of rotatable bonds is 5. The molecule has 0 N–H and O–H groups in total. The lowest BCUT2D eigenvalue weighted by Crippen LogP contribution is -2.42. The third kappa shape index (κ3) is 3.24. The van der Waals surface area contributed by atoms with Crippen molar-refractivity contribution in [2.24, 2.45) is 7.05 Å². The molecule has 7 nitrogen and oxygen atoms in total. The molecule has 134 valence electrons. The first-order valence-corrected chi connectivity index (χ1v) is 9.57. The molecule has 0 aliphatic carbocycles. The lowest BCUT2D eigenvalue weighted by molar-refractivity contribution is -0.133. The molecule has 1 amide bonds. The van der Waals surface area contributed by atoms with Crippen molar-refractivity contribution < 1.29 is 4.79 Å². The Kier molecular flexibility index (Phi) is 4.75. The maximum absolute atomic E-state index is 13.0. The molecule has 3 aromatic rings. The molecule has 8 heteroatoms. The number of hydrogen-bond donors (Lipinski definition) is 0. The zero-order valence-electron chi connectivity index (χ0n) is 14.5. The van der Waals surface area contributed by atoms with Gasteiger partial charge >= 0.3 is 0 Å². The van der Waals surface area contributed by atoms with E-state index in [1.54, 1.807) is 11.7 Å². The third-order valence-electron chi connectivity index (χ3n) is 4.60. The SMILES string of the molecule is Cn1nnnc1SCCC(=O)N1CCn2cccc2C1c1ccccc1. The Morgan fingerprint density at radius 2 is 2.04 bits per heavy atom. The summed E-state index contributed by atoms with van der Waals surface area (Å²) in [5.74, 6) is 0.820. The van der Waals surface area contributed by atoms with Gasteiger partial charge in [-0.3, -0.25) is 4.79 Å². The Morgan fingerprint density at radius 1 is 1.19 bits per heavy atom. The summed E-state index contributed by atoms with van der Waals surface area (Å²) in [6.45, 7) is 1.55. The zero-order chi connectivity index (χ0) is 17.9. The molecule has 1 unspecified atom stereocenters. The van der Waals surface area contributed by atoms with Crippen LogP contribution in [0.4, 0.5) is 0 Å². The van der Waals surface area contributed by atoms with Crippen LogP contribution >= 0.6 is 11.8 Å². The van der Waals surface area contributed by atoms with Gasteiger partial charge in [0.25, 0.3) is 0 Å². The van der Waals surface area contributed by atoms with Crippen LogP contribution in [-0.4, -0.2) is 47.9 Å². The minimum absolute atomic E-state index is 0.0334. The van der Waals surface area contributed by atoms with Gasteiger partial charge in [0.15, 0.2) is 0 Å². The van der Waals surface area contributed by atoms with Crippen molar-refractivity contribution in [2.45, 2.75) is 24.2 Å². The summed E-state index contributed by atoms with van der Waals surface area (Å²) in [7, 11) is 1.80. The normalized spacial score (nSPS) is 16.5. The standard InChI is InChI=1S/C18H20N6OS/c1-22-18(19-20-21-22)26-13-9-16(25)24-12-11-23-10-5-8-15(23)17(24)14-6-3-2-4-7-14/h2-8,10,17H,9,11-13H2,1H3. The summed E-state index contributed by atoms with van der Waals surface area (Å²) in [6, 6.07) is 14.4. The van der Waals surface area contributed by atoms with Crippen LogP contribution in [0.3, 0.4) is 0 Å². The lowest BCUT2D eigenvalue weighted by atomic mass is 9.99. The summed E-state index contributed by atoms with van der Waals surface area (Å²) in [5.41, 5.74) is 2.31. The van der Waals surface area contributed by atoms with Crippen molar-refractivity contribution in [2.75, 3.05) is 12.3 Å². The van der Waals surface area contributed by atoms with E-state index in [1.807, 2.05) is 23.1 Å². The fourth-order valence-electron chi connectivity index (χ4n) is 3.35. The molecule has 1 atom stereocenters. The first kappa shape index (κ1) is 16.8. The molecule has 1 aromatic carbocycles. The molecule has 0 radical (unpaired) electrons. The van der Waals surface area contributed by atoms with E-state index in [9.17, 15) is 4.79 Å². The molecular formula is C18H20N6OS. The lowest BCUT2D eigenvalue weighted by Gasteiger charge is -2.37. The van der Waals surface area contributed by atoms with Crippen LogP contribution in [0.2, 0.25) is 0 Å². The van der Waals surface area contributed by atoms with E-state index in [2.05, 4.69) is 50.6 Å². The summed E-state index contributed by atoms with van der Waals surface area (Å²) in [5, 5.41) is 12.1. The van der Waals surface area contributed by atoms with Gasteiger partial charge in [0, 0.05) is 44.2 Å². The number of fused-ring (bicyclic) bond motifs is 1. The predicted octanol–water partition coefficient (Wildman–Crippen LogP) is 2.13. The topological polar surface area (TPSA) is 68.8 Å². The second-order valence-corrected chi connectivity index (χ2v) is 7.27. The van der Waals surface area contributed by atoms with Gasteiger partial charge in [-0.2, -0.15) is 0 Å². The number of thioether (sulfide) groups is 1. The van der Waals surface area contributed by atoms with Crippen molar-refractivity contribution in [3.8, 4) is 0 Å². The summed E-state index contributed by atoms with van der Waals surface area (Å²) < 4.78 is 3.86. The predicted molar refractivity (Wildman–Crippen MR) is 98.6 cm³/mol. The van der Waals surface area contributed by atoms with Gasteiger partial charge in [-0.15, -0.1) is 5.10 Å². The second-order valence-electron chi connectivity index (χ2n) is 6.21. The number of aromatic nitrogens is 5. The van der Waals surface area contributed by atoms with Crippen LogP contribution in [0.25, 0.3) is 0 Å². The Labute approximate surface area is 156 Å². The average molecular weight is 368 g/mol. The van der Waals surface area contributed by atoms with Crippen LogP contribution < -0.4 is 0 Å². The highest BCUT2D eigenvalue weighted by atomic mass is 32.2. The maximum atomic E-state index is 13.0. The van der Waals surface area contributed by atoms with Crippen LogP contribution in [0, 0.1) is 0 Å². The molecule has 0 saturated carbocycles. The van der Waals surface area contributed by atoms with E-state index in [-0.39, 0.29) is 11.9 Å². The van der Waals surface area contributed by atoms with E-state index < -0.39 is 0 Å². The first-order valence-electron chi connectivity index (χ1n) is 8.58. The molecule has 1 aliphatic heterocycles. The highest BCUT2D eigenvalue weighted by Crippen LogP contribution is 2.33. The van der Waals surface area contributed by atoms with Crippen molar-refractivity contribution in [3.63, 3.8) is 0 Å². The highest BCUT2D eigenvalue weighted by molar-refractivity contribution is 7.99. The highest BCUT2D eigenvalue weighted by Gasteiger charge is 2.31. The fourth-order valence-corrected chi connectivity index (χ4v) is 4.13. The quantitative estimate of drug-likeness (QED) is 0.645. The monoisotopic (exact) mass is 368 g/mol. The fraction of sp³-hybridized carbons (Fsp3) is 0.333. The van der Waals surface area contributed by atoms with E-state index >= 15 is 0 Å². The van der Waals surface area contributed by atoms with E-state index in [0.717, 1.165) is 23.8 Å². The molecule has 0 spiro atoms. The van der Waals surface area contributed by atoms with Crippen molar-refractivity contribution in [3.05, 3.63) is 59.9 Å². The average Bonchev–Trinajstić information content (AvgIpc) is 3.30. The number of carbonyl (C=O) groups is 1. The molecule has 0 bridgehead atoms. The summed E-state index contributed by atoms with van der Waals surface area (Å²) in [4.78, 5) is 15.0. The maximum Gasteiger partial charge on any atom is 0.224 e. The molecule has 26 heavy (non-hydrogen) atoms. The third-order valence-corrected chi connectivity index (χ3v) is 5.61. The van der Waals surface area contributed by atoms with Crippen LogP contribution in [0.5, 0.6) is 0 Å². The van der Waals surface area contributed by atoms with E-state index in [0.29, 0.717) is 12.2 Å². The minimum atomic E-state index is -0.0334. The Balaban J connectivity index is 1.50. The number of carbonyl (C=O) groups excluding carboxylic acids is 1. The largest absolute Gasteiger partial charge is 0.348 e. The molecule has 1 aliphatic rings. The molecule has 2 aromatic heterocycles. The Hall–Kier alpha value is -2.61. The van der Waals surface area contributed by atoms with Crippen molar-refractivity contribution in [1.82, 2.24) is 29.7 Å². The number of nitrogens with zero attached hydrogens (tertiary/aromatic N) is 6. The van der Waals surface area contributed by atoms with Gasteiger partial charge in [-0.05, 0) is 28.1 Å². The minimum Gasteiger partial charge on any atom is -0.348 e. The number of tetrazole rings is 1. The van der Waals surface area contributed by atoms with Gasteiger partial charge in [-0.25, -0.2) is 4.68 Å². The number of amides is 1. The summed E-state index contributed by atoms with van der Waals surface area (Å²) >= 11 is 1.50. The van der Waals surface area contributed by atoms with Gasteiger partial charge in [-0.1, -0.05) is 42.1 Å². The second kappa shape index (κ2) is 7.33. The molecule has 4 rings (SSSR count). The van der Waals surface area contributed by atoms with Gasteiger partial charge < -0.3 is 9.47 Å². The van der Waals surface area contributed by atoms with Crippen LogP contribution in [-0.2, 0) is 18.4 Å². The first-order chi connectivity index (χ1) is 12.7. The van der Waals surface area contributed by atoms with Gasteiger partial charge in [0.2, 0.25) is 11.1 Å². The Morgan fingerprint density at radius 3 is 2.81 bits per heavy atom. The molecule has 0 fully saturated rings. The molecule has 3 heterocycles. The van der Waals surface area contributed by atoms with Crippen molar-refractivity contribution >= 4 is 17.7 Å². The zero-order valence-corrected chi connectivity index (χ0v) is 15.3. The smallest absolute Gasteiger partial charge is 0.224 e. The van der Waals surface area contributed by atoms with Gasteiger partial charge in [0.05, 0.1) is 6.04 Å². The summed E-state index contributed by atoms with van der Waals surface area (Å²) in [6.07, 6.45) is 2.55. The number of hydrogen-bond acceptors (Lipinski definition) is 5. The van der Waals surface area contributed by atoms with Crippen molar-refractivity contribution in [1.29, 1.82) is 0 Å². The molecule has 0 saturated heterocycles. The van der Waals surface area contributed by atoms with E-state index in [1.165, 1.54) is 17.5 Å². The molecular weight excluding hydrogens is 348 g/mol.